The summed E-state index contributed by atoms with van der Waals surface area (Å²) in [5, 5.41) is 0.619. The molecule has 3 aromatic carbocycles. The SMILES string of the molecule is CCN(c1cccc(OC2CCc3cccc(Cl)c32)c1)S(=O)(=O)c1cccc(C(F)(F)F)c1. The van der Waals surface area contributed by atoms with Crippen LogP contribution in [0.15, 0.2) is 71.6 Å². The number of hydrogen-bond donors (Lipinski definition) is 0. The van der Waals surface area contributed by atoms with Gasteiger partial charge in [0.05, 0.1) is 16.1 Å². The van der Waals surface area contributed by atoms with Gasteiger partial charge < -0.3 is 4.74 Å². The molecule has 0 amide bonds. The summed E-state index contributed by atoms with van der Waals surface area (Å²) in [7, 11) is -4.23. The van der Waals surface area contributed by atoms with Crippen LogP contribution in [0, 0.1) is 0 Å². The summed E-state index contributed by atoms with van der Waals surface area (Å²) in [4.78, 5) is -0.429. The average molecular weight is 496 g/mol. The van der Waals surface area contributed by atoms with E-state index in [0.29, 0.717) is 22.5 Å². The second-order valence-corrected chi connectivity index (χ2v) is 9.92. The Morgan fingerprint density at radius 1 is 1.06 bits per heavy atom. The molecule has 1 aliphatic rings. The fourth-order valence-electron chi connectivity index (χ4n) is 4.04. The molecule has 0 spiro atoms. The zero-order chi connectivity index (χ0) is 23.8. The molecule has 0 aromatic heterocycles. The smallest absolute Gasteiger partial charge is 0.416 e. The van der Waals surface area contributed by atoms with Gasteiger partial charge in [-0.3, -0.25) is 4.31 Å². The lowest BCUT2D eigenvalue weighted by molar-refractivity contribution is -0.137. The van der Waals surface area contributed by atoms with Crippen molar-refractivity contribution < 1.29 is 26.3 Å². The first-order chi connectivity index (χ1) is 15.6. The molecule has 0 fully saturated rings. The lowest BCUT2D eigenvalue weighted by Crippen LogP contribution is -2.31. The van der Waals surface area contributed by atoms with Crippen LogP contribution in [0.3, 0.4) is 0 Å². The topological polar surface area (TPSA) is 46.6 Å². The van der Waals surface area contributed by atoms with E-state index in [2.05, 4.69) is 0 Å². The number of nitrogens with zero attached hydrogens (tertiary/aromatic N) is 1. The Bertz CT molecular complexity index is 1280. The molecular formula is C24H21ClF3NO3S. The van der Waals surface area contributed by atoms with Gasteiger partial charge in [0.1, 0.15) is 11.9 Å². The van der Waals surface area contributed by atoms with Crippen LogP contribution in [0.2, 0.25) is 5.02 Å². The maximum atomic E-state index is 13.2. The van der Waals surface area contributed by atoms with E-state index >= 15 is 0 Å². The monoisotopic (exact) mass is 495 g/mol. The number of sulfonamides is 1. The van der Waals surface area contributed by atoms with Crippen molar-refractivity contribution in [3.05, 3.63) is 88.4 Å². The predicted octanol–water partition coefficient (Wildman–Crippen LogP) is 6.64. The molecule has 0 bridgehead atoms. The minimum absolute atomic E-state index is 0.0279. The van der Waals surface area contributed by atoms with Crippen molar-refractivity contribution in [1.29, 1.82) is 0 Å². The standard InChI is InChI=1S/C24H21ClF3NO3S/c1-2-29(33(30,31)20-10-4-7-17(14-20)24(26,27)28)18-8-5-9-19(15-18)32-22-13-12-16-6-3-11-21(25)23(16)22/h3-11,14-15,22H,2,12-13H2,1H3. The highest BCUT2D eigenvalue weighted by Gasteiger charge is 2.33. The van der Waals surface area contributed by atoms with Crippen LogP contribution in [0.25, 0.3) is 0 Å². The first kappa shape index (κ1) is 23.4. The third-order valence-electron chi connectivity index (χ3n) is 5.56. The van der Waals surface area contributed by atoms with Crippen molar-refractivity contribution in [1.82, 2.24) is 0 Å². The Morgan fingerprint density at radius 2 is 1.79 bits per heavy atom. The van der Waals surface area contributed by atoms with Crippen LogP contribution in [-0.4, -0.2) is 15.0 Å². The van der Waals surface area contributed by atoms with Gasteiger partial charge in [0.25, 0.3) is 10.0 Å². The number of anilines is 1. The summed E-state index contributed by atoms with van der Waals surface area (Å²) < 4.78 is 72.9. The first-order valence-corrected chi connectivity index (χ1v) is 12.2. The molecule has 1 aliphatic carbocycles. The number of alkyl halides is 3. The molecule has 174 valence electrons. The number of rotatable bonds is 6. The maximum Gasteiger partial charge on any atom is 0.416 e. The molecule has 1 atom stereocenters. The van der Waals surface area contributed by atoms with Gasteiger partial charge in [-0.25, -0.2) is 8.42 Å². The average Bonchev–Trinajstić information content (AvgIpc) is 3.18. The fraction of sp³-hybridized carbons (Fsp3) is 0.250. The summed E-state index contributed by atoms with van der Waals surface area (Å²) in [6, 6.07) is 15.9. The highest BCUT2D eigenvalue weighted by Crippen LogP contribution is 2.40. The second-order valence-electron chi connectivity index (χ2n) is 7.65. The molecule has 0 N–H and O–H groups in total. The van der Waals surface area contributed by atoms with Crippen molar-refractivity contribution in [2.75, 3.05) is 10.8 Å². The van der Waals surface area contributed by atoms with Gasteiger partial charge >= 0.3 is 6.18 Å². The highest BCUT2D eigenvalue weighted by atomic mass is 35.5. The molecular weight excluding hydrogens is 475 g/mol. The maximum absolute atomic E-state index is 13.2. The molecule has 0 aliphatic heterocycles. The predicted molar refractivity (Wildman–Crippen MR) is 121 cm³/mol. The molecule has 3 aromatic rings. The van der Waals surface area contributed by atoms with Crippen molar-refractivity contribution in [2.24, 2.45) is 0 Å². The minimum atomic E-state index is -4.64. The zero-order valence-electron chi connectivity index (χ0n) is 17.6. The van der Waals surface area contributed by atoms with E-state index in [0.717, 1.165) is 46.5 Å². The number of hydrogen-bond acceptors (Lipinski definition) is 3. The fourth-order valence-corrected chi connectivity index (χ4v) is 5.86. The van der Waals surface area contributed by atoms with E-state index in [1.165, 1.54) is 0 Å². The van der Waals surface area contributed by atoms with Crippen molar-refractivity contribution in [2.45, 2.75) is 36.9 Å². The summed E-state index contributed by atoms with van der Waals surface area (Å²) >= 11 is 6.36. The van der Waals surface area contributed by atoms with E-state index in [1.807, 2.05) is 12.1 Å². The number of benzene rings is 3. The number of halogens is 4. The summed E-state index contributed by atoms with van der Waals surface area (Å²) in [6.07, 6.45) is -3.34. The van der Waals surface area contributed by atoms with Gasteiger partial charge in [0.2, 0.25) is 0 Å². The van der Waals surface area contributed by atoms with Crippen LogP contribution in [0.5, 0.6) is 5.75 Å². The lowest BCUT2D eigenvalue weighted by atomic mass is 10.1. The Morgan fingerprint density at radius 3 is 2.52 bits per heavy atom. The van der Waals surface area contributed by atoms with E-state index in [1.54, 1.807) is 37.3 Å². The normalized spacial score (nSPS) is 15.8. The molecule has 9 heteroatoms. The molecule has 0 saturated heterocycles. The van der Waals surface area contributed by atoms with E-state index in [-0.39, 0.29) is 12.6 Å². The van der Waals surface area contributed by atoms with Gasteiger partial charge in [-0.15, -0.1) is 0 Å². The Balaban J connectivity index is 1.64. The number of fused-ring (bicyclic) bond motifs is 1. The second kappa shape index (κ2) is 8.91. The first-order valence-electron chi connectivity index (χ1n) is 10.3. The summed E-state index contributed by atoms with van der Waals surface area (Å²) in [5.74, 6) is 0.447. The van der Waals surface area contributed by atoms with E-state index < -0.39 is 26.7 Å². The molecule has 0 saturated carbocycles. The van der Waals surface area contributed by atoms with Crippen LogP contribution in [0.1, 0.15) is 36.1 Å². The molecule has 33 heavy (non-hydrogen) atoms. The molecule has 4 nitrogen and oxygen atoms in total. The molecule has 1 unspecified atom stereocenters. The van der Waals surface area contributed by atoms with Crippen molar-refractivity contribution in [3.63, 3.8) is 0 Å². The number of aryl methyl sites for hydroxylation is 1. The summed E-state index contributed by atoms with van der Waals surface area (Å²) in [5.41, 5.74) is 1.32. The third kappa shape index (κ3) is 4.68. The van der Waals surface area contributed by atoms with Crippen LogP contribution in [0.4, 0.5) is 18.9 Å². The van der Waals surface area contributed by atoms with E-state index in [4.69, 9.17) is 16.3 Å². The van der Waals surface area contributed by atoms with Gasteiger partial charge in [0, 0.05) is 23.2 Å². The number of ether oxygens (including phenoxy) is 1. The van der Waals surface area contributed by atoms with Crippen molar-refractivity contribution >= 4 is 27.3 Å². The van der Waals surface area contributed by atoms with Gasteiger partial charge in [-0.05, 0) is 61.7 Å². The van der Waals surface area contributed by atoms with Gasteiger partial charge in [-0.1, -0.05) is 35.9 Å². The Kier molecular flexibility index (Phi) is 6.33. The molecule has 0 heterocycles. The third-order valence-corrected chi connectivity index (χ3v) is 7.79. The largest absolute Gasteiger partial charge is 0.486 e. The zero-order valence-corrected chi connectivity index (χ0v) is 19.2. The van der Waals surface area contributed by atoms with Crippen LogP contribution >= 0.6 is 11.6 Å². The molecule has 0 radical (unpaired) electrons. The quantitative estimate of drug-likeness (QED) is 0.385. The van der Waals surface area contributed by atoms with Gasteiger partial charge in [-0.2, -0.15) is 13.2 Å². The minimum Gasteiger partial charge on any atom is -0.486 e. The molecule has 4 rings (SSSR count). The Labute approximate surface area is 195 Å². The van der Waals surface area contributed by atoms with E-state index in [9.17, 15) is 21.6 Å². The van der Waals surface area contributed by atoms with Gasteiger partial charge in [0.15, 0.2) is 0 Å². The summed E-state index contributed by atoms with van der Waals surface area (Å²) in [6.45, 7) is 1.64. The highest BCUT2D eigenvalue weighted by molar-refractivity contribution is 7.92. The lowest BCUT2D eigenvalue weighted by Gasteiger charge is -2.24. The van der Waals surface area contributed by atoms with Crippen molar-refractivity contribution in [3.8, 4) is 5.75 Å². The Hall–Kier alpha value is -2.71. The van der Waals surface area contributed by atoms with Crippen LogP contribution in [-0.2, 0) is 22.6 Å². The van der Waals surface area contributed by atoms with Crippen LogP contribution < -0.4 is 9.04 Å².